The lowest BCUT2D eigenvalue weighted by molar-refractivity contribution is 0.0947. The molecule has 0 radical (unpaired) electrons. The fraction of sp³-hybridized carbons (Fsp3) is 0.286. The van der Waals surface area contributed by atoms with Crippen molar-refractivity contribution in [3.8, 4) is 0 Å². The van der Waals surface area contributed by atoms with Crippen molar-refractivity contribution in [3.05, 3.63) is 47.7 Å². The van der Waals surface area contributed by atoms with Gasteiger partial charge in [0, 0.05) is 5.56 Å². The number of aryl methyl sites for hydroxylation is 1. The van der Waals surface area contributed by atoms with E-state index in [-0.39, 0.29) is 12.5 Å². The summed E-state index contributed by atoms with van der Waals surface area (Å²) in [4.78, 5) is 16.7. The van der Waals surface area contributed by atoms with Crippen molar-refractivity contribution >= 4 is 11.6 Å². The highest BCUT2D eigenvalue weighted by Crippen LogP contribution is 2.03. The number of carbonyl (C=O) groups is 1. The summed E-state index contributed by atoms with van der Waals surface area (Å²) in [5, 5.41) is 6.46. The molecule has 0 saturated carbocycles. The molecule has 1 aromatic carbocycles. The van der Waals surface area contributed by atoms with Gasteiger partial charge in [-0.05, 0) is 32.9 Å². The van der Waals surface area contributed by atoms with Gasteiger partial charge in [0.15, 0.2) is 0 Å². The van der Waals surface area contributed by atoms with Crippen molar-refractivity contribution in [2.75, 3.05) is 6.54 Å². The molecule has 0 spiro atoms. The highest BCUT2D eigenvalue weighted by molar-refractivity contribution is 5.94. The second kappa shape index (κ2) is 6.59. The van der Waals surface area contributed by atoms with E-state index in [2.05, 4.69) is 17.1 Å². The van der Waals surface area contributed by atoms with E-state index in [1.807, 2.05) is 32.9 Å². The summed E-state index contributed by atoms with van der Waals surface area (Å²) in [6.07, 6.45) is 0. The summed E-state index contributed by atoms with van der Waals surface area (Å²) in [5.74, 6) is 0.244. The molecule has 96 valence electrons. The molecule has 0 heterocycles. The van der Waals surface area contributed by atoms with Crippen LogP contribution < -0.4 is 5.32 Å². The predicted molar refractivity (Wildman–Crippen MR) is 72.5 cm³/mol. The molecule has 18 heavy (non-hydrogen) atoms. The third kappa shape index (κ3) is 4.82. The number of benzene rings is 1. The van der Waals surface area contributed by atoms with Gasteiger partial charge in [0.05, 0.1) is 12.3 Å². The normalized spacial score (nSPS) is 9.50. The molecule has 1 amide bonds. The Morgan fingerprint density at radius 1 is 1.33 bits per heavy atom. The summed E-state index contributed by atoms with van der Waals surface area (Å²) < 4.78 is 0. The van der Waals surface area contributed by atoms with Crippen LogP contribution in [0.1, 0.15) is 29.8 Å². The van der Waals surface area contributed by atoms with Gasteiger partial charge in [0.2, 0.25) is 0 Å². The van der Waals surface area contributed by atoms with E-state index >= 15 is 0 Å². The SMILES string of the molecule is C=C(CNC(=O)c1ccc(C)cc1)ON=C(C)C. The minimum absolute atomic E-state index is 0.156. The molecule has 0 saturated heterocycles. The molecule has 0 aliphatic rings. The molecule has 0 unspecified atom stereocenters. The molecule has 4 heteroatoms. The van der Waals surface area contributed by atoms with Crippen LogP contribution in [0.15, 0.2) is 41.8 Å². The van der Waals surface area contributed by atoms with Crippen LogP contribution in [0.25, 0.3) is 0 Å². The first-order valence-electron chi connectivity index (χ1n) is 5.70. The third-order valence-electron chi connectivity index (χ3n) is 2.12. The average Bonchev–Trinajstić information content (AvgIpc) is 2.34. The molecule has 1 aromatic rings. The quantitative estimate of drug-likeness (QED) is 0.493. The van der Waals surface area contributed by atoms with Gasteiger partial charge in [-0.2, -0.15) is 0 Å². The highest BCUT2D eigenvalue weighted by Gasteiger charge is 2.05. The van der Waals surface area contributed by atoms with Gasteiger partial charge >= 0.3 is 0 Å². The zero-order valence-electron chi connectivity index (χ0n) is 11.0. The van der Waals surface area contributed by atoms with Crippen LogP contribution in [0, 0.1) is 6.92 Å². The summed E-state index contributed by atoms with van der Waals surface area (Å²) in [6, 6.07) is 7.35. The molecule has 0 aliphatic heterocycles. The number of hydrogen-bond donors (Lipinski definition) is 1. The third-order valence-corrected chi connectivity index (χ3v) is 2.12. The van der Waals surface area contributed by atoms with Crippen LogP contribution in [0.2, 0.25) is 0 Å². The number of oxime groups is 1. The Morgan fingerprint density at radius 2 is 1.94 bits per heavy atom. The van der Waals surface area contributed by atoms with E-state index in [9.17, 15) is 4.79 Å². The minimum Gasteiger partial charge on any atom is -0.360 e. The van der Waals surface area contributed by atoms with Crippen molar-refractivity contribution in [2.45, 2.75) is 20.8 Å². The standard InChI is InChI=1S/C14H18N2O2/c1-10(2)16-18-12(4)9-15-14(17)13-7-5-11(3)6-8-13/h5-8H,4,9H2,1-3H3,(H,15,17). The Labute approximate surface area is 107 Å². The summed E-state index contributed by atoms with van der Waals surface area (Å²) in [5.41, 5.74) is 2.52. The Hall–Kier alpha value is -2.10. The molecular weight excluding hydrogens is 228 g/mol. The second-order valence-corrected chi connectivity index (χ2v) is 4.22. The van der Waals surface area contributed by atoms with Gasteiger partial charge in [-0.25, -0.2) is 0 Å². The van der Waals surface area contributed by atoms with Gasteiger partial charge in [0.1, 0.15) is 5.76 Å². The average molecular weight is 246 g/mol. The molecule has 4 nitrogen and oxygen atoms in total. The topological polar surface area (TPSA) is 50.7 Å². The molecule has 0 fully saturated rings. The molecule has 0 atom stereocenters. The van der Waals surface area contributed by atoms with Gasteiger partial charge in [-0.15, -0.1) is 0 Å². The first kappa shape index (κ1) is 14.0. The van der Waals surface area contributed by atoms with Crippen LogP contribution in [-0.4, -0.2) is 18.2 Å². The van der Waals surface area contributed by atoms with E-state index < -0.39 is 0 Å². The lowest BCUT2D eigenvalue weighted by atomic mass is 10.1. The first-order valence-corrected chi connectivity index (χ1v) is 5.70. The Morgan fingerprint density at radius 3 is 2.50 bits per heavy atom. The molecule has 0 bridgehead atoms. The van der Waals surface area contributed by atoms with Gasteiger partial charge in [0.25, 0.3) is 5.91 Å². The smallest absolute Gasteiger partial charge is 0.251 e. The monoisotopic (exact) mass is 246 g/mol. The minimum atomic E-state index is -0.156. The van der Waals surface area contributed by atoms with Crippen molar-refractivity contribution < 1.29 is 9.63 Å². The van der Waals surface area contributed by atoms with Crippen molar-refractivity contribution in [3.63, 3.8) is 0 Å². The number of rotatable bonds is 5. The second-order valence-electron chi connectivity index (χ2n) is 4.22. The molecule has 1 N–H and O–H groups in total. The lowest BCUT2D eigenvalue weighted by Gasteiger charge is -2.06. The van der Waals surface area contributed by atoms with E-state index in [0.717, 1.165) is 11.3 Å². The Bertz CT molecular complexity index is 457. The van der Waals surface area contributed by atoms with Crippen molar-refractivity contribution in [1.29, 1.82) is 0 Å². The number of nitrogens with one attached hydrogen (secondary N) is 1. The maximum atomic E-state index is 11.8. The fourth-order valence-corrected chi connectivity index (χ4v) is 1.17. The van der Waals surface area contributed by atoms with Gasteiger partial charge in [-0.1, -0.05) is 29.4 Å². The summed E-state index contributed by atoms with van der Waals surface area (Å²) >= 11 is 0. The fourth-order valence-electron chi connectivity index (χ4n) is 1.17. The van der Waals surface area contributed by atoms with E-state index in [0.29, 0.717) is 11.3 Å². The van der Waals surface area contributed by atoms with E-state index in [1.165, 1.54) is 0 Å². The van der Waals surface area contributed by atoms with Crippen LogP contribution in [0.3, 0.4) is 0 Å². The van der Waals surface area contributed by atoms with Crippen LogP contribution >= 0.6 is 0 Å². The largest absolute Gasteiger partial charge is 0.360 e. The van der Waals surface area contributed by atoms with E-state index in [1.54, 1.807) is 12.1 Å². The maximum Gasteiger partial charge on any atom is 0.251 e. The van der Waals surface area contributed by atoms with Gasteiger partial charge < -0.3 is 10.2 Å². The lowest BCUT2D eigenvalue weighted by Crippen LogP contribution is -2.25. The maximum absolute atomic E-state index is 11.8. The van der Waals surface area contributed by atoms with Crippen LogP contribution in [0.4, 0.5) is 0 Å². The molecular formula is C14H18N2O2. The van der Waals surface area contributed by atoms with Gasteiger partial charge in [-0.3, -0.25) is 4.79 Å². The van der Waals surface area contributed by atoms with Crippen LogP contribution in [0.5, 0.6) is 0 Å². The summed E-state index contributed by atoms with van der Waals surface area (Å²) in [7, 11) is 0. The number of carbonyl (C=O) groups excluding carboxylic acids is 1. The Kier molecular flexibility index (Phi) is 5.11. The van der Waals surface area contributed by atoms with Crippen molar-refractivity contribution in [1.82, 2.24) is 5.32 Å². The molecule has 0 aliphatic carbocycles. The van der Waals surface area contributed by atoms with Crippen molar-refractivity contribution in [2.24, 2.45) is 5.16 Å². The molecule has 1 rings (SSSR count). The zero-order valence-corrected chi connectivity index (χ0v) is 11.0. The number of nitrogens with zero attached hydrogens (tertiary/aromatic N) is 1. The van der Waals surface area contributed by atoms with E-state index in [4.69, 9.17) is 4.84 Å². The Balaban J connectivity index is 2.44. The first-order chi connectivity index (χ1) is 8.49. The zero-order chi connectivity index (χ0) is 13.5. The highest BCUT2D eigenvalue weighted by atomic mass is 16.6. The van der Waals surface area contributed by atoms with Crippen LogP contribution in [-0.2, 0) is 4.84 Å². The number of hydrogen-bond acceptors (Lipinski definition) is 3. The predicted octanol–water partition coefficient (Wildman–Crippen LogP) is 2.65. The molecule has 0 aromatic heterocycles. The summed E-state index contributed by atoms with van der Waals surface area (Å²) in [6.45, 7) is 9.51. The number of amides is 1.